The van der Waals surface area contributed by atoms with E-state index in [2.05, 4.69) is 22.0 Å². The van der Waals surface area contributed by atoms with Crippen LogP contribution in [0.2, 0.25) is 0 Å². The van der Waals surface area contributed by atoms with Crippen LogP contribution in [0.3, 0.4) is 0 Å². The second-order valence-corrected chi connectivity index (χ2v) is 7.90. The molecule has 3 rings (SSSR count). The van der Waals surface area contributed by atoms with Gasteiger partial charge in [0, 0.05) is 38.3 Å². The average molecular weight is 328 g/mol. The first-order valence-corrected chi connectivity index (χ1v) is 9.52. The van der Waals surface area contributed by atoms with Crippen molar-refractivity contribution in [2.24, 2.45) is 0 Å². The van der Waals surface area contributed by atoms with E-state index < -0.39 is 9.84 Å². The molecule has 0 N–H and O–H groups in total. The lowest BCUT2D eigenvalue weighted by molar-refractivity contribution is 0.296. The molecule has 5 heteroatoms. The normalized spacial score (nSPS) is 16.1. The lowest BCUT2D eigenvalue weighted by Crippen LogP contribution is -2.29. The summed E-state index contributed by atoms with van der Waals surface area (Å²) in [5, 5.41) is 0. The number of pyridine rings is 1. The third-order valence-electron chi connectivity index (χ3n) is 4.02. The molecule has 0 amide bonds. The summed E-state index contributed by atoms with van der Waals surface area (Å²) in [5.74, 6) is 0. The molecule has 23 heavy (non-hydrogen) atoms. The van der Waals surface area contributed by atoms with Crippen LogP contribution in [0.5, 0.6) is 0 Å². The quantitative estimate of drug-likeness (QED) is 0.866. The minimum Gasteiger partial charge on any atom is -0.295 e. The van der Waals surface area contributed by atoms with Crippen LogP contribution in [0.25, 0.3) is 5.57 Å². The zero-order chi connectivity index (χ0) is 16.3. The molecule has 1 aromatic heterocycles. The highest BCUT2D eigenvalue weighted by molar-refractivity contribution is 7.90. The Balaban J connectivity index is 1.68. The predicted octanol–water partition coefficient (Wildman–Crippen LogP) is 2.77. The molecule has 0 radical (unpaired) electrons. The first-order valence-electron chi connectivity index (χ1n) is 7.63. The number of sulfone groups is 1. The number of hydrogen-bond acceptors (Lipinski definition) is 4. The van der Waals surface area contributed by atoms with E-state index in [-0.39, 0.29) is 0 Å². The summed E-state index contributed by atoms with van der Waals surface area (Å²) in [5.41, 5.74) is 3.60. The molecule has 1 aromatic carbocycles. The SMILES string of the molecule is CS(=O)(=O)c1ccc(CN2CCC=C(c3cccnc3)C2)cc1. The maximum absolute atomic E-state index is 11.5. The van der Waals surface area contributed by atoms with Crippen molar-refractivity contribution in [2.45, 2.75) is 17.9 Å². The van der Waals surface area contributed by atoms with Crippen molar-refractivity contribution in [1.82, 2.24) is 9.88 Å². The van der Waals surface area contributed by atoms with Gasteiger partial charge in [-0.3, -0.25) is 9.88 Å². The molecule has 0 saturated carbocycles. The van der Waals surface area contributed by atoms with Gasteiger partial charge in [0.15, 0.2) is 9.84 Å². The highest BCUT2D eigenvalue weighted by atomic mass is 32.2. The van der Waals surface area contributed by atoms with Crippen LogP contribution in [0.15, 0.2) is 59.8 Å². The van der Waals surface area contributed by atoms with Gasteiger partial charge >= 0.3 is 0 Å². The first kappa shape index (κ1) is 15.9. The van der Waals surface area contributed by atoms with Crippen molar-refractivity contribution in [2.75, 3.05) is 19.3 Å². The van der Waals surface area contributed by atoms with Crippen LogP contribution in [0.1, 0.15) is 17.5 Å². The molecule has 0 bridgehead atoms. The van der Waals surface area contributed by atoms with Gasteiger partial charge in [-0.1, -0.05) is 24.3 Å². The van der Waals surface area contributed by atoms with Gasteiger partial charge in [0.2, 0.25) is 0 Å². The smallest absolute Gasteiger partial charge is 0.175 e. The fourth-order valence-electron chi connectivity index (χ4n) is 2.80. The molecule has 2 heterocycles. The minimum atomic E-state index is -3.13. The van der Waals surface area contributed by atoms with E-state index in [4.69, 9.17) is 0 Å². The fraction of sp³-hybridized carbons (Fsp3) is 0.278. The van der Waals surface area contributed by atoms with Crippen molar-refractivity contribution in [3.63, 3.8) is 0 Å². The average Bonchev–Trinajstić information content (AvgIpc) is 2.56. The number of nitrogens with zero attached hydrogens (tertiary/aromatic N) is 2. The van der Waals surface area contributed by atoms with Crippen LogP contribution < -0.4 is 0 Å². The van der Waals surface area contributed by atoms with Crippen LogP contribution in [-0.4, -0.2) is 37.6 Å². The molecule has 1 aliphatic rings. The monoisotopic (exact) mass is 328 g/mol. The summed E-state index contributed by atoms with van der Waals surface area (Å²) >= 11 is 0. The zero-order valence-electron chi connectivity index (χ0n) is 13.1. The predicted molar refractivity (Wildman–Crippen MR) is 91.7 cm³/mol. The molecule has 0 saturated heterocycles. The highest BCUT2D eigenvalue weighted by Crippen LogP contribution is 2.21. The van der Waals surface area contributed by atoms with Gasteiger partial charge in [-0.2, -0.15) is 0 Å². The Hall–Kier alpha value is -1.98. The number of benzene rings is 1. The van der Waals surface area contributed by atoms with E-state index in [0.717, 1.165) is 31.6 Å². The maximum atomic E-state index is 11.5. The first-order chi connectivity index (χ1) is 11.0. The van der Waals surface area contributed by atoms with Crippen LogP contribution in [0, 0.1) is 0 Å². The van der Waals surface area contributed by atoms with Crippen LogP contribution in [0.4, 0.5) is 0 Å². The van der Waals surface area contributed by atoms with Gasteiger partial charge in [0.25, 0.3) is 0 Å². The highest BCUT2D eigenvalue weighted by Gasteiger charge is 2.15. The molecule has 1 aliphatic heterocycles. The molecule has 0 aliphatic carbocycles. The van der Waals surface area contributed by atoms with Gasteiger partial charge in [-0.05, 0) is 41.3 Å². The largest absolute Gasteiger partial charge is 0.295 e. The van der Waals surface area contributed by atoms with Crippen molar-refractivity contribution >= 4 is 15.4 Å². The lowest BCUT2D eigenvalue weighted by atomic mass is 10.0. The van der Waals surface area contributed by atoms with E-state index in [1.807, 2.05) is 24.4 Å². The van der Waals surface area contributed by atoms with Crippen LogP contribution >= 0.6 is 0 Å². The maximum Gasteiger partial charge on any atom is 0.175 e. The number of hydrogen-bond donors (Lipinski definition) is 0. The topological polar surface area (TPSA) is 50.3 Å². The summed E-state index contributed by atoms with van der Waals surface area (Å²) < 4.78 is 23.0. The Morgan fingerprint density at radius 2 is 1.96 bits per heavy atom. The van der Waals surface area contributed by atoms with E-state index in [9.17, 15) is 8.42 Å². The van der Waals surface area contributed by atoms with E-state index in [0.29, 0.717) is 4.90 Å². The van der Waals surface area contributed by atoms with Gasteiger partial charge in [-0.25, -0.2) is 8.42 Å². The van der Waals surface area contributed by atoms with E-state index in [1.54, 1.807) is 18.3 Å². The standard InChI is InChI=1S/C18H20N2O2S/c1-23(21,22)18-8-6-15(7-9-18)13-20-11-3-5-17(14-20)16-4-2-10-19-12-16/h2,4-10,12H,3,11,13-14H2,1H3. The molecule has 0 spiro atoms. The molecule has 0 unspecified atom stereocenters. The Labute approximate surface area is 137 Å². The Kier molecular flexibility index (Phi) is 4.59. The zero-order valence-corrected chi connectivity index (χ0v) is 14.0. The molecule has 2 aromatic rings. The number of rotatable bonds is 4. The summed E-state index contributed by atoms with van der Waals surface area (Å²) in [6, 6.07) is 11.2. The van der Waals surface area contributed by atoms with Gasteiger partial charge in [-0.15, -0.1) is 0 Å². The van der Waals surface area contributed by atoms with Gasteiger partial charge in [0.1, 0.15) is 0 Å². The Morgan fingerprint density at radius 1 is 1.17 bits per heavy atom. The Bertz CT molecular complexity index is 797. The van der Waals surface area contributed by atoms with Crippen molar-refractivity contribution in [3.8, 4) is 0 Å². The summed E-state index contributed by atoms with van der Waals surface area (Å²) in [6.07, 6.45) is 8.22. The van der Waals surface area contributed by atoms with E-state index in [1.165, 1.54) is 17.4 Å². The molecule has 120 valence electrons. The van der Waals surface area contributed by atoms with Gasteiger partial charge in [0.05, 0.1) is 4.90 Å². The summed E-state index contributed by atoms with van der Waals surface area (Å²) in [6.45, 7) is 2.72. The molecule has 0 fully saturated rings. The second kappa shape index (κ2) is 6.64. The summed E-state index contributed by atoms with van der Waals surface area (Å²) in [4.78, 5) is 6.93. The molecule has 0 atom stereocenters. The number of aromatic nitrogens is 1. The fourth-order valence-corrected chi connectivity index (χ4v) is 3.43. The molecule has 4 nitrogen and oxygen atoms in total. The van der Waals surface area contributed by atoms with E-state index >= 15 is 0 Å². The van der Waals surface area contributed by atoms with Crippen LogP contribution in [-0.2, 0) is 16.4 Å². The third-order valence-corrected chi connectivity index (χ3v) is 5.15. The third kappa shape index (κ3) is 4.06. The van der Waals surface area contributed by atoms with Crippen molar-refractivity contribution in [3.05, 3.63) is 66.0 Å². The summed E-state index contributed by atoms with van der Waals surface area (Å²) in [7, 11) is -3.13. The van der Waals surface area contributed by atoms with Gasteiger partial charge < -0.3 is 0 Å². The van der Waals surface area contributed by atoms with Crippen molar-refractivity contribution < 1.29 is 8.42 Å². The lowest BCUT2D eigenvalue weighted by Gasteiger charge is -2.27. The molecular weight excluding hydrogens is 308 g/mol. The second-order valence-electron chi connectivity index (χ2n) is 5.89. The van der Waals surface area contributed by atoms with Crippen molar-refractivity contribution in [1.29, 1.82) is 0 Å². The minimum absolute atomic E-state index is 0.371. The molecular formula is C18H20N2O2S. The Morgan fingerprint density at radius 3 is 2.61 bits per heavy atom.